The number of benzene rings is 1. The van der Waals surface area contributed by atoms with E-state index >= 15 is 0 Å². The zero-order valence-corrected chi connectivity index (χ0v) is 20.0. The van der Waals surface area contributed by atoms with E-state index in [4.69, 9.17) is 26.1 Å². The Kier molecular flexibility index (Phi) is 8.24. The lowest BCUT2D eigenvalue weighted by molar-refractivity contribution is -0.471. The van der Waals surface area contributed by atoms with Gasteiger partial charge in [0.25, 0.3) is 0 Å². The Labute approximate surface area is 196 Å². The maximum absolute atomic E-state index is 6.14. The van der Waals surface area contributed by atoms with E-state index in [9.17, 15) is 0 Å². The molecule has 1 saturated heterocycles. The van der Waals surface area contributed by atoms with Crippen LogP contribution in [0.1, 0.15) is 58.8 Å². The average molecular weight is 462 g/mol. The summed E-state index contributed by atoms with van der Waals surface area (Å²) in [5.74, 6) is 0.126. The van der Waals surface area contributed by atoms with Gasteiger partial charge in [0.2, 0.25) is 5.79 Å². The van der Waals surface area contributed by atoms with Crippen LogP contribution in [0, 0.1) is 5.92 Å². The lowest BCUT2D eigenvalue weighted by atomic mass is 9.89. The van der Waals surface area contributed by atoms with Gasteiger partial charge in [-0.15, -0.1) is 0 Å². The van der Waals surface area contributed by atoms with Crippen LogP contribution in [-0.4, -0.2) is 42.6 Å². The maximum atomic E-state index is 6.14. The number of rotatable bonds is 5. The van der Waals surface area contributed by atoms with Crippen molar-refractivity contribution < 1.29 is 14.5 Å². The van der Waals surface area contributed by atoms with E-state index in [-0.39, 0.29) is 0 Å². The molecule has 7 heteroatoms. The number of ether oxygens (including phenoxy) is 1. The quantitative estimate of drug-likeness (QED) is 0.556. The van der Waals surface area contributed by atoms with Crippen molar-refractivity contribution in [3.63, 3.8) is 0 Å². The molecule has 2 aliphatic carbocycles. The van der Waals surface area contributed by atoms with Crippen LogP contribution in [0.4, 0.5) is 5.69 Å². The summed E-state index contributed by atoms with van der Waals surface area (Å²) in [4.78, 5) is 15.1. The number of hydrogen-bond donors (Lipinski definition) is 2. The van der Waals surface area contributed by atoms with E-state index < -0.39 is 5.79 Å². The number of nitrogens with zero attached hydrogens (tertiary/aromatic N) is 1. The summed E-state index contributed by atoms with van der Waals surface area (Å²) in [6, 6.07) is 9.00. The maximum Gasteiger partial charge on any atom is 0.201 e. The fraction of sp³-hybridized carbons (Fsp3) is 0.640. The monoisotopic (exact) mass is 461 g/mol. The molecule has 2 unspecified atom stereocenters. The molecule has 0 amide bonds. The van der Waals surface area contributed by atoms with Crippen molar-refractivity contribution in [2.45, 2.75) is 76.7 Å². The molecule has 32 heavy (non-hydrogen) atoms. The molecule has 2 N–H and O–H groups in total. The number of fused-ring (bicyclic) bond motifs is 1. The molecule has 1 aromatic carbocycles. The highest BCUT2D eigenvalue weighted by Crippen LogP contribution is 2.36. The van der Waals surface area contributed by atoms with Crippen LogP contribution in [0.5, 0.6) is 0 Å². The topological polar surface area (TPSA) is 64.6 Å². The second-order valence-corrected chi connectivity index (χ2v) is 9.25. The number of hydrogen-bond acceptors (Lipinski definition) is 6. The Morgan fingerprint density at radius 1 is 1.09 bits per heavy atom. The SMILES string of the molecule is CC.Clc1ccc2c(NC3CCCC3CNC3CCC4(CC3)OCCOO4)ccnc2c1. The molecule has 176 valence electrons. The summed E-state index contributed by atoms with van der Waals surface area (Å²) in [7, 11) is 0. The Morgan fingerprint density at radius 2 is 1.94 bits per heavy atom. The smallest absolute Gasteiger partial charge is 0.201 e. The average Bonchev–Trinajstić information content (AvgIpc) is 3.27. The molecule has 0 radical (unpaired) electrons. The third kappa shape index (κ3) is 5.54. The van der Waals surface area contributed by atoms with Gasteiger partial charge in [-0.3, -0.25) is 4.98 Å². The van der Waals surface area contributed by atoms with E-state index in [2.05, 4.69) is 27.8 Å². The summed E-state index contributed by atoms with van der Waals surface area (Å²) >= 11 is 6.14. The van der Waals surface area contributed by atoms with Gasteiger partial charge in [0, 0.05) is 53.8 Å². The first-order chi connectivity index (χ1) is 15.7. The number of halogens is 1. The van der Waals surface area contributed by atoms with Gasteiger partial charge < -0.3 is 15.4 Å². The molecule has 2 aromatic rings. The number of anilines is 1. The van der Waals surface area contributed by atoms with Gasteiger partial charge in [-0.25, -0.2) is 9.78 Å². The molecule has 5 rings (SSSR count). The van der Waals surface area contributed by atoms with Crippen molar-refractivity contribution in [2.75, 3.05) is 25.1 Å². The molecular weight excluding hydrogens is 426 g/mol. The van der Waals surface area contributed by atoms with E-state index in [0.29, 0.717) is 31.2 Å². The normalized spacial score (nSPS) is 30.2. The van der Waals surface area contributed by atoms with E-state index in [1.54, 1.807) is 0 Å². The van der Waals surface area contributed by atoms with E-state index in [1.807, 2.05) is 32.2 Å². The first-order valence-electron chi connectivity index (χ1n) is 12.2. The highest BCUT2D eigenvalue weighted by molar-refractivity contribution is 6.31. The number of pyridine rings is 1. The molecule has 0 bridgehead atoms. The lowest BCUT2D eigenvalue weighted by Gasteiger charge is -2.41. The minimum Gasteiger partial charge on any atom is -0.381 e. The van der Waals surface area contributed by atoms with E-state index in [1.165, 1.54) is 19.3 Å². The highest BCUT2D eigenvalue weighted by Gasteiger charge is 2.40. The molecule has 6 nitrogen and oxygen atoms in total. The van der Waals surface area contributed by atoms with Crippen LogP contribution < -0.4 is 10.6 Å². The second kappa shape index (κ2) is 11.1. The van der Waals surface area contributed by atoms with Crippen molar-refractivity contribution in [1.82, 2.24) is 10.3 Å². The zero-order chi connectivity index (χ0) is 22.4. The molecular formula is C25H36ClN3O3. The minimum absolute atomic E-state index is 0.479. The summed E-state index contributed by atoms with van der Waals surface area (Å²) in [6.07, 6.45) is 9.50. The predicted molar refractivity (Wildman–Crippen MR) is 129 cm³/mol. The fourth-order valence-electron chi connectivity index (χ4n) is 5.16. The third-order valence-corrected chi connectivity index (χ3v) is 7.10. The molecule has 2 heterocycles. The largest absolute Gasteiger partial charge is 0.381 e. The van der Waals surface area contributed by atoms with Crippen LogP contribution in [0.2, 0.25) is 5.02 Å². The van der Waals surface area contributed by atoms with Gasteiger partial charge in [-0.1, -0.05) is 31.9 Å². The molecule has 1 aromatic heterocycles. The predicted octanol–water partition coefficient (Wildman–Crippen LogP) is 5.70. The van der Waals surface area contributed by atoms with Gasteiger partial charge in [0.05, 0.1) is 12.1 Å². The summed E-state index contributed by atoms with van der Waals surface area (Å²) in [6.45, 7) is 6.20. The van der Waals surface area contributed by atoms with Gasteiger partial charge >= 0.3 is 0 Å². The van der Waals surface area contributed by atoms with Gasteiger partial charge in [0.1, 0.15) is 6.61 Å². The summed E-state index contributed by atoms with van der Waals surface area (Å²) < 4.78 is 5.86. The molecule has 1 spiro atoms. The lowest BCUT2D eigenvalue weighted by Crippen LogP contribution is -2.48. The van der Waals surface area contributed by atoms with Crippen molar-refractivity contribution in [1.29, 1.82) is 0 Å². The van der Waals surface area contributed by atoms with Crippen LogP contribution in [-0.2, 0) is 14.5 Å². The number of nitrogens with one attached hydrogen (secondary N) is 2. The molecule has 2 atom stereocenters. The van der Waals surface area contributed by atoms with Crippen molar-refractivity contribution in [3.05, 3.63) is 35.5 Å². The first-order valence-corrected chi connectivity index (χ1v) is 12.6. The van der Waals surface area contributed by atoms with Crippen molar-refractivity contribution in [3.8, 4) is 0 Å². The molecule has 1 aliphatic heterocycles. The van der Waals surface area contributed by atoms with Gasteiger partial charge in [-0.2, -0.15) is 0 Å². The Hall–Kier alpha value is -1.44. The second-order valence-electron chi connectivity index (χ2n) is 8.81. The van der Waals surface area contributed by atoms with Crippen molar-refractivity contribution >= 4 is 28.2 Å². The third-order valence-electron chi connectivity index (χ3n) is 6.86. The Bertz CT molecular complexity index is 865. The molecule has 2 saturated carbocycles. The van der Waals surface area contributed by atoms with E-state index in [0.717, 1.165) is 53.8 Å². The van der Waals surface area contributed by atoms with Gasteiger partial charge in [0.15, 0.2) is 0 Å². The highest BCUT2D eigenvalue weighted by atomic mass is 35.5. The van der Waals surface area contributed by atoms with Crippen LogP contribution in [0.25, 0.3) is 10.9 Å². The van der Waals surface area contributed by atoms with Crippen LogP contribution >= 0.6 is 11.6 Å². The van der Waals surface area contributed by atoms with Crippen LogP contribution in [0.15, 0.2) is 30.5 Å². The van der Waals surface area contributed by atoms with Crippen molar-refractivity contribution in [2.24, 2.45) is 5.92 Å². The minimum atomic E-state index is -0.501. The Balaban J connectivity index is 0.00000119. The molecule has 3 aliphatic rings. The standard InChI is InChI=1S/C23H30ClN3O3.C2H6/c24-17-4-5-19-21(8-11-25-22(19)14-17)27-20-3-1-2-16(20)15-26-18-6-9-23(10-7-18)28-12-13-29-30-23;1-2/h4-5,8,11,14,16,18,20,26H,1-3,6-7,9-10,12-13,15H2,(H,25,27);1-2H3. The molecule has 3 fully saturated rings. The number of aromatic nitrogens is 1. The summed E-state index contributed by atoms with van der Waals surface area (Å²) in [5, 5.41) is 9.49. The summed E-state index contributed by atoms with van der Waals surface area (Å²) in [5.41, 5.74) is 2.09. The fourth-order valence-corrected chi connectivity index (χ4v) is 5.33. The Morgan fingerprint density at radius 3 is 2.72 bits per heavy atom. The van der Waals surface area contributed by atoms with Crippen LogP contribution in [0.3, 0.4) is 0 Å². The van der Waals surface area contributed by atoms with Gasteiger partial charge in [-0.05, 0) is 55.9 Å². The zero-order valence-electron chi connectivity index (χ0n) is 19.2. The first kappa shape index (κ1) is 23.7.